The molecule has 0 aromatic carbocycles. The average Bonchev–Trinajstić information content (AvgIpc) is 2.83. The molecular weight excluding hydrogens is 220 g/mol. The first kappa shape index (κ1) is 11.4. The second-order valence-corrected chi connectivity index (χ2v) is 3.82. The molecule has 17 heavy (non-hydrogen) atoms. The molecule has 1 aromatic rings. The Kier molecular flexibility index (Phi) is 3.22. The predicted octanol–water partition coefficient (Wildman–Crippen LogP) is 0.461. The van der Waals surface area contributed by atoms with E-state index in [1.807, 2.05) is 0 Å². The molecule has 0 spiro atoms. The van der Waals surface area contributed by atoms with Gasteiger partial charge < -0.3 is 15.7 Å². The van der Waals surface area contributed by atoms with E-state index in [-0.39, 0.29) is 11.4 Å². The highest BCUT2D eigenvalue weighted by molar-refractivity contribution is 6.13. The molecule has 0 saturated carbocycles. The van der Waals surface area contributed by atoms with Gasteiger partial charge in [0.2, 0.25) is 0 Å². The van der Waals surface area contributed by atoms with Gasteiger partial charge in [0.05, 0.1) is 0 Å². The van der Waals surface area contributed by atoms with Crippen LogP contribution < -0.4 is 10.6 Å². The van der Waals surface area contributed by atoms with Crippen LogP contribution in [0.1, 0.15) is 18.7 Å². The molecule has 0 unspecified atom stereocenters. The van der Waals surface area contributed by atoms with Crippen molar-refractivity contribution >= 4 is 17.4 Å². The highest BCUT2D eigenvalue weighted by Gasteiger charge is 2.17. The van der Waals surface area contributed by atoms with E-state index >= 15 is 0 Å². The first-order chi connectivity index (χ1) is 8.22. The number of carboxylic acids is 1. The summed E-state index contributed by atoms with van der Waals surface area (Å²) < 4.78 is 0. The van der Waals surface area contributed by atoms with Crippen LogP contribution in [0.2, 0.25) is 0 Å². The van der Waals surface area contributed by atoms with Gasteiger partial charge in [0.25, 0.3) is 0 Å². The largest absolute Gasteiger partial charge is 0.477 e. The number of carboxylic acid groups (broad SMARTS) is 1. The van der Waals surface area contributed by atoms with Gasteiger partial charge in [-0.2, -0.15) is 0 Å². The lowest BCUT2D eigenvalue weighted by Gasteiger charge is -2.16. The number of rotatable bonds is 3. The number of hydrogen-bond acceptors (Lipinski definition) is 5. The number of aromatic nitrogens is 2. The maximum absolute atomic E-state index is 10.9. The van der Waals surface area contributed by atoms with E-state index in [9.17, 15) is 4.79 Å². The second kappa shape index (κ2) is 4.82. The molecule has 1 aliphatic rings. The molecule has 0 radical (unpaired) electrons. The molecular formula is C11H14N4O2. The molecule has 0 atom stereocenters. The van der Waals surface area contributed by atoms with Gasteiger partial charge >= 0.3 is 5.97 Å². The van der Waals surface area contributed by atoms with Crippen molar-refractivity contribution in [3.8, 4) is 0 Å². The monoisotopic (exact) mass is 234 g/mol. The molecule has 2 rings (SSSR count). The molecule has 6 heteroatoms. The fraction of sp³-hybridized carbons (Fsp3) is 0.364. The minimum absolute atomic E-state index is 0.0777. The average molecular weight is 234 g/mol. The molecule has 1 fully saturated rings. The Balaban J connectivity index is 2.30. The van der Waals surface area contributed by atoms with E-state index in [0.29, 0.717) is 0 Å². The Morgan fingerprint density at radius 2 is 2.18 bits per heavy atom. The molecule has 1 aromatic heterocycles. The smallest absolute Gasteiger partial charge is 0.341 e. The molecule has 0 amide bonds. The zero-order valence-electron chi connectivity index (χ0n) is 9.33. The second-order valence-electron chi connectivity index (χ2n) is 3.82. The Labute approximate surface area is 98.8 Å². The summed E-state index contributed by atoms with van der Waals surface area (Å²) in [4.78, 5) is 21.2. The summed E-state index contributed by atoms with van der Waals surface area (Å²) in [7, 11) is 0. The summed E-state index contributed by atoms with van der Waals surface area (Å²) in [6, 6.07) is 1.78. The molecule has 1 saturated heterocycles. The fourth-order valence-corrected chi connectivity index (χ4v) is 1.84. The molecule has 0 aliphatic carbocycles. The van der Waals surface area contributed by atoms with Crippen molar-refractivity contribution in [1.29, 1.82) is 0 Å². The Bertz CT molecular complexity index is 453. The van der Waals surface area contributed by atoms with Crippen LogP contribution in [0.3, 0.4) is 0 Å². The van der Waals surface area contributed by atoms with Crippen LogP contribution in [0.5, 0.6) is 0 Å². The lowest BCUT2D eigenvalue weighted by molar-refractivity contribution is -0.130. The number of aliphatic carboxylic acids is 1. The number of nitrogens with two attached hydrogens (primary N) is 1. The van der Waals surface area contributed by atoms with Gasteiger partial charge in [-0.15, -0.1) is 0 Å². The molecule has 0 bridgehead atoms. The zero-order valence-corrected chi connectivity index (χ0v) is 9.33. The molecule has 6 nitrogen and oxygen atoms in total. The van der Waals surface area contributed by atoms with E-state index < -0.39 is 5.97 Å². The third-order valence-corrected chi connectivity index (χ3v) is 2.71. The van der Waals surface area contributed by atoms with Gasteiger partial charge in [-0.25, -0.2) is 14.8 Å². The highest BCUT2D eigenvalue weighted by Crippen LogP contribution is 2.19. The molecule has 1 aliphatic heterocycles. The number of nitrogens with zero attached hydrogens (tertiary/aromatic N) is 3. The van der Waals surface area contributed by atoms with Crippen molar-refractivity contribution in [2.24, 2.45) is 5.73 Å². The Hall–Kier alpha value is -2.11. The first-order valence-corrected chi connectivity index (χ1v) is 5.46. The maximum atomic E-state index is 10.9. The molecule has 2 heterocycles. The van der Waals surface area contributed by atoms with Gasteiger partial charge in [0, 0.05) is 25.5 Å². The van der Waals surface area contributed by atoms with E-state index in [0.717, 1.165) is 37.9 Å². The lowest BCUT2D eigenvalue weighted by atomic mass is 10.2. The van der Waals surface area contributed by atoms with Crippen LogP contribution in [0.25, 0.3) is 5.57 Å². The van der Waals surface area contributed by atoms with E-state index in [4.69, 9.17) is 10.8 Å². The van der Waals surface area contributed by atoms with E-state index in [1.54, 1.807) is 12.3 Å². The van der Waals surface area contributed by atoms with Crippen molar-refractivity contribution in [1.82, 2.24) is 9.97 Å². The number of carbonyl (C=O) groups is 1. The number of hydrogen-bond donors (Lipinski definition) is 2. The summed E-state index contributed by atoms with van der Waals surface area (Å²) in [5, 5.41) is 8.94. The van der Waals surface area contributed by atoms with E-state index in [1.165, 1.54) is 0 Å². The summed E-state index contributed by atoms with van der Waals surface area (Å²) >= 11 is 0. The van der Waals surface area contributed by atoms with Crippen molar-refractivity contribution in [3.63, 3.8) is 0 Å². The van der Waals surface area contributed by atoms with Crippen LogP contribution in [0, 0.1) is 0 Å². The van der Waals surface area contributed by atoms with Crippen molar-refractivity contribution in [3.05, 3.63) is 24.3 Å². The maximum Gasteiger partial charge on any atom is 0.341 e. The van der Waals surface area contributed by atoms with Crippen LogP contribution in [0.15, 0.2) is 18.5 Å². The molecule has 90 valence electrons. The van der Waals surface area contributed by atoms with Crippen molar-refractivity contribution in [2.45, 2.75) is 12.8 Å². The first-order valence-electron chi connectivity index (χ1n) is 5.46. The lowest BCUT2D eigenvalue weighted by Crippen LogP contribution is -2.20. The Morgan fingerprint density at radius 1 is 1.47 bits per heavy atom. The van der Waals surface area contributed by atoms with Gasteiger partial charge in [-0.1, -0.05) is 0 Å². The van der Waals surface area contributed by atoms with Gasteiger partial charge in [0.15, 0.2) is 5.82 Å². The SMILES string of the molecule is NC=C(C(=O)O)c1nccc(N2CCCC2)n1. The summed E-state index contributed by atoms with van der Waals surface area (Å²) in [6.45, 7) is 1.90. The normalized spacial score (nSPS) is 16.2. The zero-order chi connectivity index (χ0) is 12.3. The van der Waals surface area contributed by atoms with Crippen LogP contribution in [-0.2, 0) is 4.79 Å². The minimum atomic E-state index is -1.12. The highest BCUT2D eigenvalue weighted by atomic mass is 16.4. The summed E-state index contributed by atoms with van der Waals surface area (Å²) in [5.41, 5.74) is 5.20. The topological polar surface area (TPSA) is 92.3 Å². The van der Waals surface area contributed by atoms with Crippen molar-refractivity contribution in [2.75, 3.05) is 18.0 Å². The van der Waals surface area contributed by atoms with Crippen LogP contribution in [-0.4, -0.2) is 34.1 Å². The van der Waals surface area contributed by atoms with Crippen LogP contribution in [0.4, 0.5) is 5.82 Å². The third-order valence-electron chi connectivity index (χ3n) is 2.71. The predicted molar refractivity (Wildman–Crippen MR) is 63.3 cm³/mol. The van der Waals surface area contributed by atoms with Crippen molar-refractivity contribution < 1.29 is 9.90 Å². The standard InChI is InChI=1S/C11H14N4O2/c12-7-8(11(16)17)10-13-4-3-9(14-10)15-5-1-2-6-15/h3-4,7H,1-2,5-6,12H2,(H,16,17). The third kappa shape index (κ3) is 2.35. The van der Waals surface area contributed by atoms with Gasteiger partial charge in [-0.05, 0) is 18.9 Å². The number of anilines is 1. The fourth-order valence-electron chi connectivity index (χ4n) is 1.84. The van der Waals surface area contributed by atoms with E-state index in [2.05, 4.69) is 14.9 Å². The Morgan fingerprint density at radius 3 is 2.76 bits per heavy atom. The van der Waals surface area contributed by atoms with Gasteiger partial charge in [0.1, 0.15) is 11.4 Å². The minimum Gasteiger partial charge on any atom is -0.477 e. The summed E-state index contributed by atoms with van der Waals surface area (Å²) in [6.07, 6.45) is 4.85. The van der Waals surface area contributed by atoms with Crippen LogP contribution >= 0.6 is 0 Å². The molecule has 3 N–H and O–H groups in total. The van der Waals surface area contributed by atoms with Gasteiger partial charge in [-0.3, -0.25) is 0 Å². The quantitative estimate of drug-likeness (QED) is 0.738. The summed E-state index contributed by atoms with van der Waals surface area (Å²) in [5.74, 6) is -0.205.